The van der Waals surface area contributed by atoms with Crippen molar-refractivity contribution in [3.05, 3.63) is 16.0 Å². The van der Waals surface area contributed by atoms with Crippen molar-refractivity contribution in [1.82, 2.24) is 0 Å². The maximum atomic E-state index is 12.0. The highest BCUT2D eigenvalue weighted by Gasteiger charge is 2.27. The summed E-state index contributed by atoms with van der Waals surface area (Å²) in [7, 11) is 1.28. The van der Waals surface area contributed by atoms with Gasteiger partial charge in [0, 0.05) is 6.61 Å². The van der Waals surface area contributed by atoms with E-state index in [1.54, 1.807) is 6.92 Å². The lowest BCUT2D eigenvalue weighted by molar-refractivity contribution is -0.124. The second-order valence-electron chi connectivity index (χ2n) is 4.35. The molecule has 0 spiro atoms. The molecule has 20 heavy (non-hydrogen) atoms. The van der Waals surface area contributed by atoms with Gasteiger partial charge in [-0.15, -0.1) is 11.3 Å². The Labute approximate surface area is 120 Å². The minimum Gasteiger partial charge on any atom is -0.465 e. The summed E-state index contributed by atoms with van der Waals surface area (Å²) < 4.78 is 9.94. The van der Waals surface area contributed by atoms with Gasteiger partial charge in [0.2, 0.25) is 0 Å². The molecule has 0 aromatic carbocycles. The van der Waals surface area contributed by atoms with Gasteiger partial charge in [-0.3, -0.25) is 4.79 Å². The summed E-state index contributed by atoms with van der Waals surface area (Å²) in [6.07, 6.45) is 1.03. The van der Waals surface area contributed by atoms with Crippen molar-refractivity contribution in [2.75, 3.05) is 19.0 Å². The van der Waals surface area contributed by atoms with Crippen molar-refractivity contribution in [2.24, 2.45) is 0 Å². The number of anilines is 1. The Kier molecular flexibility index (Phi) is 4.37. The molecule has 2 rings (SSSR count). The van der Waals surface area contributed by atoms with Gasteiger partial charge in [-0.1, -0.05) is 0 Å². The monoisotopic (exact) mass is 294 g/mol. The Bertz CT molecular complexity index is 582. The predicted octanol–water partition coefficient (Wildman–Crippen LogP) is 1.83. The largest absolute Gasteiger partial charge is 0.465 e. The summed E-state index contributed by atoms with van der Waals surface area (Å²) >= 11 is 1.05. The van der Waals surface area contributed by atoms with Crippen LogP contribution in [0, 0.1) is 18.3 Å². The van der Waals surface area contributed by atoms with E-state index in [1.807, 2.05) is 6.07 Å². The van der Waals surface area contributed by atoms with Crippen molar-refractivity contribution in [3.63, 3.8) is 0 Å². The SMILES string of the molecule is COC(=O)c1sc(NC(=O)[C@H]2CCCO2)c(C#N)c1C. The van der Waals surface area contributed by atoms with Crippen LogP contribution < -0.4 is 5.32 Å². The van der Waals surface area contributed by atoms with Crippen LogP contribution in [0.5, 0.6) is 0 Å². The number of carbonyl (C=O) groups is 2. The molecule has 1 aliphatic heterocycles. The zero-order chi connectivity index (χ0) is 14.7. The van der Waals surface area contributed by atoms with Crippen LogP contribution in [0.25, 0.3) is 0 Å². The topological polar surface area (TPSA) is 88.4 Å². The Balaban J connectivity index is 2.25. The molecular formula is C13H14N2O4S. The number of rotatable bonds is 3. The van der Waals surface area contributed by atoms with Gasteiger partial charge in [-0.05, 0) is 25.3 Å². The van der Waals surface area contributed by atoms with E-state index in [9.17, 15) is 9.59 Å². The summed E-state index contributed by atoms with van der Waals surface area (Å²) in [4.78, 5) is 23.9. The summed E-state index contributed by atoms with van der Waals surface area (Å²) in [5.74, 6) is -0.793. The number of thiophene rings is 1. The fraction of sp³-hybridized carbons (Fsp3) is 0.462. The van der Waals surface area contributed by atoms with Gasteiger partial charge < -0.3 is 14.8 Å². The smallest absolute Gasteiger partial charge is 0.348 e. The average Bonchev–Trinajstić information content (AvgIpc) is 3.06. The van der Waals surface area contributed by atoms with Crippen LogP contribution in [0.2, 0.25) is 0 Å². The number of carbonyl (C=O) groups excluding carboxylic acids is 2. The minimum atomic E-state index is -0.512. The number of hydrogen-bond donors (Lipinski definition) is 1. The summed E-state index contributed by atoms with van der Waals surface area (Å²) in [5, 5.41) is 12.2. The van der Waals surface area contributed by atoms with Gasteiger partial charge in [0.25, 0.3) is 5.91 Å². The van der Waals surface area contributed by atoms with Crippen LogP contribution in [0.1, 0.15) is 33.6 Å². The van der Waals surface area contributed by atoms with Gasteiger partial charge in [-0.25, -0.2) is 4.79 Å². The third-order valence-corrected chi connectivity index (χ3v) is 4.28. The number of ether oxygens (including phenoxy) is 2. The molecule has 2 heterocycles. The summed E-state index contributed by atoms with van der Waals surface area (Å²) in [5.41, 5.74) is 0.814. The highest BCUT2D eigenvalue weighted by atomic mass is 32.1. The van der Waals surface area contributed by atoms with Gasteiger partial charge in [0.1, 0.15) is 22.1 Å². The third kappa shape index (κ3) is 2.66. The molecule has 1 atom stereocenters. The zero-order valence-electron chi connectivity index (χ0n) is 11.2. The maximum absolute atomic E-state index is 12.0. The molecule has 1 aromatic rings. The molecule has 1 N–H and O–H groups in total. The van der Waals surface area contributed by atoms with Crippen LogP contribution >= 0.6 is 11.3 Å². The van der Waals surface area contributed by atoms with E-state index in [4.69, 9.17) is 10.00 Å². The molecule has 1 fully saturated rings. The van der Waals surface area contributed by atoms with E-state index in [-0.39, 0.29) is 5.91 Å². The number of nitriles is 1. The normalized spacial score (nSPS) is 17.6. The van der Waals surface area contributed by atoms with Crippen molar-refractivity contribution in [2.45, 2.75) is 25.9 Å². The number of nitrogens with zero attached hydrogens (tertiary/aromatic N) is 1. The highest BCUT2D eigenvalue weighted by molar-refractivity contribution is 7.18. The molecule has 0 aliphatic carbocycles. The van der Waals surface area contributed by atoms with Crippen LogP contribution in [0.4, 0.5) is 5.00 Å². The fourth-order valence-corrected chi connectivity index (χ4v) is 3.08. The van der Waals surface area contributed by atoms with Gasteiger partial charge in [0.15, 0.2) is 0 Å². The van der Waals surface area contributed by atoms with Gasteiger partial charge >= 0.3 is 5.97 Å². The third-order valence-electron chi connectivity index (χ3n) is 3.09. The van der Waals surface area contributed by atoms with Crippen molar-refractivity contribution in [3.8, 4) is 6.07 Å². The molecule has 1 aromatic heterocycles. The van der Waals surface area contributed by atoms with E-state index in [2.05, 4.69) is 10.1 Å². The quantitative estimate of drug-likeness (QED) is 0.859. The lowest BCUT2D eigenvalue weighted by atomic mass is 10.1. The summed E-state index contributed by atoms with van der Waals surface area (Å²) in [6.45, 7) is 2.23. The first-order valence-electron chi connectivity index (χ1n) is 6.12. The number of hydrogen-bond acceptors (Lipinski definition) is 6. The Hall–Kier alpha value is -1.91. The maximum Gasteiger partial charge on any atom is 0.348 e. The summed E-state index contributed by atoms with van der Waals surface area (Å²) in [6, 6.07) is 2.01. The van der Waals surface area contributed by atoms with E-state index in [0.717, 1.165) is 17.8 Å². The average molecular weight is 294 g/mol. The zero-order valence-corrected chi connectivity index (χ0v) is 12.0. The molecular weight excluding hydrogens is 280 g/mol. The number of amides is 1. The Morgan fingerprint density at radius 2 is 2.30 bits per heavy atom. The van der Waals surface area contributed by atoms with E-state index < -0.39 is 12.1 Å². The van der Waals surface area contributed by atoms with E-state index >= 15 is 0 Å². The lowest BCUT2D eigenvalue weighted by Crippen LogP contribution is -2.26. The molecule has 6 nitrogen and oxygen atoms in total. The van der Waals surface area contributed by atoms with Crippen molar-refractivity contribution < 1.29 is 19.1 Å². The van der Waals surface area contributed by atoms with E-state index in [1.165, 1.54) is 7.11 Å². The first kappa shape index (κ1) is 14.5. The lowest BCUT2D eigenvalue weighted by Gasteiger charge is -2.08. The molecule has 0 saturated carbocycles. The van der Waals surface area contributed by atoms with E-state index in [0.29, 0.717) is 34.0 Å². The molecule has 0 bridgehead atoms. The van der Waals surface area contributed by atoms with Gasteiger partial charge in [0.05, 0.1) is 12.7 Å². The standard InChI is InChI=1S/C13H14N2O4S/c1-7-8(6-14)12(20-10(7)13(17)18-2)15-11(16)9-4-3-5-19-9/h9H,3-5H2,1-2H3,(H,15,16)/t9-/m1/s1. The molecule has 106 valence electrons. The second kappa shape index (κ2) is 6.03. The van der Waals surface area contributed by atoms with Crippen molar-refractivity contribution >= 4 is 28.2 Å². The molecule has 1 amide bonds. The minimum absolute atomic E-state index is 0.281. The number of methoxy groups -OCH3 is 1. The first-order chi connectivity index (χ1) is 9.58. The van der Waals surface area contributed by atoms with Crippen LogP contribution in [0.15, 0.2) is 0 Å². The van der Waals surface area contributed by atoms with Crippen LogP contribution in [-0.4, -0.2) is 31.7 Å². The van der Waals surface area contributed by atoms with Crippen LogP contribution in [0.3, 0.4) is 0 Å². The molecule has 1 aliphatic rings. The first-order valence-corrected chi connectivity index (χ1v) is 6.94. The molecule has 7 heteroatoms. The Morgan fingerprint density at radius 3 is 2.85 bits per heavy atom. The molecule has 0 radical (unpaired) electrons. The Morgan fingerprint density at radius 1 is 1.55 bits per heavy atom. The number of nitrogens with one attached hydrogen (secondary N) is 1. The fourth-order valence-electron chi connectivity index (χ4n) is 2.00. The van der Waals surface area contributed by atoms with Gasteiger partial charge in [-0.2, -0.15) is 5.26 Å². The van der Waals surface area contributed by atoms with Crippen molar-refractivity contribution in [1.29, 1.82) is 5.26 Å². The second-order valence-corrected chi connectivity index (χ2v) is 5.38. The molecule has 1 saturated heterocycles. The highest BCUT2D eigenvalue weighted by Crippen LogP contribution is 2.33. The predicted molar refractivity (Wildman–Crippen MR) is 72.7 cm³/mol. The number of esters is 1. The molecule has 0 unspecified atom stereocenters. The van der Waals surface area contributed by atoms with Crippen LogP contribution in [-0.2, 0) is 14.3 Å².